The molecular formula is C22H21ClN10O. The van der Waals surface area contributed by atoms with Crippen LogP contribution in [0.5, 0.6) is 0 Å². The molecule has 0 saturated carbocycles. The number of benzene rings is 1. The van der Waals surface area contributed by atoms with Crippen LogP contribution in [0.4, 0.5) is 23.4 Å². The number of hydrogen-bond acceptors (Lipinski definition) is 10. The second kappa shape index (κ2) is 9.60. The molecule has 3 aromatic heterocycles. The highest BCUT2D eigenvalue weighted by Gasteiger charge is 2.15. The van der Waals surface area contributed by atoms with E-state index >= 15 is 0 Å². The fourth-order valence-corrected chi connectivity index (χ4v) is 3.80. The van der Waals surface area contributed by atoms with Crippen LogP contribution in [0.3, 0.4) is 0 Å². The second-order valence-corrected chi connectivity index (χ2v) is 7.84. The molecule has 0 aliphatic carbocycles. The Labute approximate surface area is 199 Å². The molecule has 7 N–H and O–H groups in total. The van der Waals surface area contributed by atoms with Gasteiger partial charge in [0.05, 0.1) is 27.8 Å². The van der Waals surface area contributed by atoms with Crippen LogP contribution < -0.4 is 28.1 Å². The monoisotopic (exact) mass is 476 g/mol. The molecule has 0 radical (unpaired) electrons. The fraction of sp³-hybridized carbons (Fsp3) is 0.182. The van der Waals surface area contributed by atoms with Crippen molar-refractivity contribution < 1.29 is 0 Å². The highest BCUT2D eigenvalue weighted by Crippen LogP contribution is 2.22. The summed E-state index contributed by atoms with van der Waals surface area (Å²) in [6.45, 7) is 0.498. The molecule has 0 fully saturated rings. The van der Waals surface area contributed by atoms with Gasteiger partial charge in [-0.2, -0.15) is 15.2 Å². The van der Waals surface area contributed by atoms with Gasteiger partial charge in [0.2, 0.25) is 5.95 Å². The molecule has 0 spiro atoms. The maximum absolute atomic E-state index is 13.4. The van der Waals surface area contributed by atoms with Gasteiger partial charge in [-0.3, -0.25) is 9.36 Å². The number of aryl methyl sites for hydroxylation is 1. The number of anilines is 4. The molecule has 34 heavy (non-hydrogen) atoms. The van der Waals surface area contributed by atoms with Gasteiger partial charge >= 0.3 is 0 Å². The first-order valence-corrected chi connectivity index (χ1v) is 10.8. The number of hydrogen-bond donors (Lipinski definition) is 4. The predicted octanol–water partition coefficient (Wildman–Crippen LogP) is 2.28. The van der Waals surface area contributed by atoms with Crippen molar-refractivity contribution in [2.75, 3.05) is 29.1 Å². The molecule has 4 rings (SSSR count). The average molecular weight is 477 g/mol. The molecule has 3 heterocycles. The van der Waals surface area contributed by atoms with Crippen molar-refractivity contribution in [3.63, 3.8) is 0 Å². The molecule has 172 valence electrons. The van der Waals surface area contributed by atoms with E-state index in [0.29, 0.717) is 59.1 Å². The van der Waals surface area contributed by atoms with Crippen LogP contribution in [0.15, 0.2) is 41.3 Å². The van der Waals surface area contributed by atoms with E-state index in [9.17, 15) is 10.1 Å². The molecule has 0 amide bonds. The number of nitrogen functional groups attached to an aromatic ring is 3. The summed E-state index contributed by atoms with van der Waals surface area (Å²) >= 11 is 6.30. The zero-order valence-electron chi connectivity index (χ0n) is 18.0. The molecule has 1 aromatic carbocycles. The Balaban J connectivity index is 1.56. The van der Waals surface area contributed by atoms with Crippen molar-refractivity contribution in [2.45, 2.75) is 19.3 Å². The van der Waals surface area contributed by atoms with E-state index in [0.717, 1.165) is 0 Å². The summed E-state index contributed by atoms with van der Waals surface area (Å²) in [5.74, 6) is 1.21. The van der Waals surface area contributed by atoms with Gasteiger partial charge < -0.3 is 22.5 Å². The number of unbranched alkanes of at least 4 members (excludes halogenated alkanes) is 1. The van der Waals surface area contributed by atoms with Gasteiger partial charge in [0.15, 0.2) is 5.82 Å². The molecular weight excluding hydrogens is 456 g/mol. The summed E-state index contributed by atoms with van der Waals surface area (Å²) in [6.07, 6.45) is 3.41. The van der Waals surface area contributed by atoms with Gasteiger partial charge in [-0.1, -0.05) is 17.7 Å². The minimum atomic E-state index is -0.277. The van der Waals surface area contributed by atoms with Crippen LogP contribution in [-0.2, 0) is 6.42 Å². The van der Waals surface area contributed by atoms with Crippen LogP contribution in [0, 0.1) is 11.3 Å². The van der Waals surface area contributed by atoms with E-state index in [1.165, 1.54) is 10.8 Å². The zero-order valence-corrected chi connectivity index (χ0v) is 18.8. The Kier molecular flexibility index (Phi) is 6.42. The topological polar surface area (TPSA) is 187 Å². The number of pyridine rings is 1. The van der Waals surface area contributed by atoms with Crippen LogP contribution in [0.2, 0.25) is 5.02 Å². The third kappa shape index (κ3) is 4.53. The Bertz CT molecular complexity index is 1460. The Hall–Kier alpha value is -4.43. The molecule has 0 unspecified atom stereocenters. The minimum Gasteiger partial charge on any atom is -0.384 e. The summed E-state index contributed by atoms with van der Waals surface area (Å²) < 4.78 is 1.51. The van der Waals surface area contributed by atoms with Crippen LogP contribution in [0.1, 0.15) is 24.2 Å². The Morgan fingerprint density at radius 3 is 2.65 bits per heavy atom. The normalized spacial score (nSPS) is 10.8. The lowest BCUT2D eigenvalue weighted by atomic mass is 10.2. The average Bonchev–Trinajstić information content (AvgIpc) is 2.79. The van der Waals surface area contributed by atoms with Crippen molar-refractivity contribution in [3.8, 4) is 11.8 Å². The van der Waals surface area contributed by atoms with Crippen LogP contribution in [0.25, 0.3) is 16.6 Å². The van der Waals surface area contributed by atoms with Crippen molar-refractivity contribution in [2.24, 2.45) is 0 Å². The summed E-state index contributed by atoms with van der Waals surface area (Å²) in [5, 5.41) is 13.0. The first kappa shape index (κ1) is 22.8. The smallest absolute Gasteiger partial charge is 0.267 e. The van der Waals surface area contributed by atoms with Gasteiger partial charge in [-0.15, -0.1) is 0 Å². The van der Waals surface area contributed by atoms with Crippen molar-refractivity contribution >= 4 is 45.9 Å². The fourth-order valence-electron chi connectivity index (χ4n) is 3.55. The van der Waals surface area contributed by atoms with Crippen LogP contribution >= 0.6 is 11.6 Å². The number of halogens is 1. The zero-order chi connectivity index (χ0) is 24.2. The van der Waals surface area contributed by atoms with Gasteiger partial charge in [-0.25, -0.2) is 9.97 Å². The number of nitrogens with one attached hydrogen (secondary N) is 1. The summed E-state index contributed by atoms with van der Waals surface area (Å²) in [5.41, 5.74) is 18.0. The maximum atomic E-state index is 13.4. The number of aromatic nitrogens is 5. The maximum Gasteiger partial charge on any atom is 0.267 e. The number of nitrogens with two attached hydrogens (primary N) is 3. The molecule has 0 aliphatic heterocycles. The van der Waals surface area contributed by atoms with E-state index < -0.39 is 0 Å². The molecule has 0 saturated heterocycles. The molecule has 0 bridgehead atoms. The predicted molar refractivity (Wildman–Crippen MR) is 132 cm³/mol. The molecule has 0 aliphatic rings. The van der Waals surface area contributed by atoms with Gasteiger partial charge in [0.1, 0.15) is 29.1 Å². The SMILES string of the molecule is N#Cc1c(N)nc(N)nc1NCCCCc1nc2cccc(Cl)c2c(=O)n1-c1ccc(N)nc1. The van der Waals surface area contributed by atoms with E-state index in [2.05, 4.69) is 20.3 Å². The number of nitrogens with zero attached hydrogens (tertiary/aromatic N) is 6. The minimum absolute atomic E-state index is 0.0147. The third-order valence-corrected chi connectivity index (χ3v) is 5.45. The highest BCUT2D eigenvalue weighted by molar-refractivity contribution is 6.35. The first-order valence-electron chi connectivity index (χ1n) is 10.4. The standard InChI is InChI=1S/C22H21ClN10O/c23-14-4-3-5-15-18(14)21(34)33(12-7-8-16(25)29-11-12)17(30-15)6-1-2-9-28-20-13(10-24)19(26)31-22(27)32-20/h3-5,7-8,11H,1-2,6,9H2,(H2,25,29)(H5,26,27,28,31,32). The van der Waals surface area contributed by atoms with E-state index in [1.807, 2.05) is 6.07 Å². The lowest BCUT2D eigenvalue weighted by Gasteiger charge is -2.14. The second-order valence-electron chi connectivity index (χ2n) is 7.43. The summed E-state index contributed by atoms with van der Waals surface area (Å²) in [4.78, 5) is 30.0. The van der Waals surface area contributed by atoms with Gasteiger partial charge in [0.25, 0.3) is 5.56 Å². The summed E-state index contributed by atoms with van der Waals surface area (Å²) in [6, 6.07) is 10.5. The van der Waals surface area contributed by atoms with Crippen molar-refractivity contribution in [3.05, 3.63) is 63.3 Å². The highest BCUT2D eigenvalue weighted by atomic mass is 35.5. The first-order chi connectivity index (χ1) is 16.4. The van der Waals surface area contributed by atoms with Crippen molar-refractivity contribution in [1.82, 2.24) is 24.5 Å². The van der Waals surface area contributed by atoms with E-state index in [-0.39, 0.29) is 28.7 Å². The quantitative estimate of drug-likeness (QED) is 0.288. The molecule has 0 atom stereocenters. The lowest BCUT2D eigenvalue weighted by molar-refractivity contribution is 0.703. The number of nitriles is 1. The van der Waals surface area contributed by atoms with Crippen LogP contribution in [-0.4, -0.2) is 31.0 Å². The van der Waals surface area contributed by atoms with Gasteiger partial charge in [-0.05, 0) is 37.1 Å². The van der Waals surface area contributed by atoms with Gasteiger partial charge in [0, 0.05) is 13.0 Å². The lowest BCUT2D eigenvalue weighted by Crippen LogP contribution is -2.24. The van der Waals surface area contributed by atoms with E-state index in [1.54, 1.807) is 30.3 Å². The molecule has 12 heteroatoms. The third-order valence-electron chi connectivity index (χ3n) is 5.13. The Morgan fingerprint density at radius 1 is 1.09 bits per heavy atom. The van der Waals surface area contributed by atoms with E-state index in [4.69, 9.17) is 33.8 Å². The summed E-state index contributed by atoms with van der Waals surface area (Å²) in [7, 11) is 0. The van der Waals surface area contributed by atoms with Crippen molar-refractivity contribution in [1.29, 1.82) is 5.26 Å². The Morgan fingerprint density at radius 2 is 1.91 bits per heavy atom. The molecule has 4 aromatic rings. The molecule has 11 nitrogen and oxygen atoms in total. The number of rotatable bonds is 7. The number of fused-ring (bicyclic) bond motifs is 1. The largest absolute Gasteiger partial charge is 0.384 e.